The van der Waals surface area contributed by atoms with Crippen LogP contribution in [-0.4, -0.2) is 24.6 Å². The van der Waals surface area contributed by atoms with Gasteiger partial charge in [0.25, 0.3) is 0 Å². The first kappa shape index (κ1) is 12.7. The first-order chi connectivity index (χ1) is 8.20. The molecule has 0 saturated carbocycles. The Kier molecular flexibility index (Phi) is 4.29. The van der Waals surface area contributed by atoms with E-state index in [1.807, 2.05) is 24.8 Å². The largest absolute Gasteiger partial charge is 0.370 e. The van der Waals surface area contributed by atoms with E-state index in [4.69, 9.17) is 5.73 Å². The zero-order chi connectivity index (χ0) is 12.3. The molecule has 2 nitrogen and oxygen atoms in total. The molecule has 94 valence electrons. The molecule has 0 unspecified atom stereocenters. The summed E-state index contributed by atoms with van der Waals surface area (Å²) in [7, 11) is 0. The summed E-state index contributed by atoms with van der Waals surface area (Å²) in [4.78, 5) is 2.27. The smallest absolute Gasteiger partial charge is 0.130 e. The quantitative estimate of drug-likeness (QED) is 0.880. The van der Waals surface area contributed by atoms with Crippen molar-refractivity contribution in [2.24, 2.45) is 5.73 Å². The van der Waals surface area contributed by atoms with Gasteiger partial charge in [0.2, 0.25) is 0 Å². The molecule has 0 bridgehead atoms. The molecule has 1 aliphatic rings. The summed E-state index contributed by atoms with van der Waals surface area (Å²) >= 11 is 1.97. The summed E-state index contributed by atoms with van der Waals surface area (Å²) in [6.07, 6.45) is 1.15. The fourth-order valence-electron chi connectivity index (χ4n) is 2.24. The van der Waals surface area contributed by atoms with Gasteiger partial charge in [-0.25, -0.2) is 4.39 Å². The second kappa shape index (κ2) is 5.74. The van der Waals surface area contributed by atoms with Gasteiger partial charge in [0, 0.05) is 36.1 Å². The number of hydrogen-bond donors (Lipinski definition) is 1. The van der Waals surface area contributed by atoms with Crippen LogP contribution in [0.15, 0.2) is 18.2 Å². The Morgan fingerprint density at radius 3 is 2.94 bits per heavy atom. The van der Waals surface area contributed by atoms with Crippen LogP contribution >= 0.6 is 11.8 Å². The van der Waals surface area contributed by atoms with E-state index in [0.29, 0.717) is 5.56 Å². The molecular weight excluding hydrogens is 235 g/mol. The average molecular weight is 254 g/mol. The van der Waals surface area contributed by atoms with Crippen molar-refractivity contribution in [3.63, 3.8) is 0 Å². The summed E-state index contributed by atoms with van der Waals surface area (Å²) in [5.74, 6) is 2.11. The molecule has 2 rings (SSSR count). The normalized spacial score (nSPS) is 18.9. The number of thioether (sulfide) groups is 1. The molecule has 0 radical (unpaired) electrons. The number of rotatable bonds is 2. The number of nitrogens with zero attached hydrogens (tertiary/aromatic N) is 1. The van der Waals surface area contributed by atoms with E-state index in [-0.39, 0.29) is 11.9 Å². The molecule has 0 amide bonds. The van der Waals surface area contributed by atoms with Gasteiger partial charge >= 0.3 is 0 Å². The Labute approximate surface area is 106 Å². The Bertz CT molecular complexity index is 374. The molecular formula is C13H19FN2S. The zero-order valence-electron chi connectivity index (χ0n) is 10.2. The number of nitrogens with two attached hydrogens (primary N) is 1. The van der Waals surface area contributed by atoms with Crippen molar-refractivity contribution < 1.29 is 4.39 Å². The zero-order valence-corrected chi connectivity index (χ0v) is 11.0. The van der Waals surface area contributed by atoms with Crippen LogP contribution < -0.4 is 10.6 Å². The summed E-state index contributed by atoms with van der Waals surface area (Å²) in [5.41, 5.74) is 7.52. The van der Waals surface area contributed by atoms with E-state index in [9.17, 15) is 4.39 Å². The standard InChI is InChI=1S/C13H19FN2S/c1-10(15)13-11(14)4-2-5-12(13)16-6-3-8-17-9-7-16/h2,4-5,10H,3,6-9,15H2,1H3/t10-/m0/s1. The number of hydrogen-bond acceptors (Lipinski definition) is 3. The van der Waals surface area contributed by atoms with Gasteiger partial charge in [-0.3, -0.25) is 0 Å². The lowest BCUT2D eigenvalue weighted by atomic mass is 10.0. The molecule has 2 N–H and O–H groups in total. The van der Waals surface area contributed by atoms with E-state index in [2.05, 4.69) is 4.90 Å². The van der Waals surface area contributed by atoms with Gasteiger partial charge in [-0.2, -0.15) is 11.8 Å². The van der Waals surface area contributed by atoms with Crippen molar-refractivity contribution in [2.45, 2.75) is 19.4 Å². The fraction of sp³-hybridized carbons (Fsp3) is 0.538. The fourth-order valence-corrected chi connectivity index (χ4v) is 3.13. The van der Waals surface area contributed by atoms with Crippen molar-refractivity contribution in [3.05, 3.63) is 29.6 Å². The maximum Gasteiger partial charge on any atom is 0.130 e. The van der Waals surface area contributed by atoms with E-state index < -0.39 is 0 Å². The van der Waals surface area contributed by atoms with Crippen LogP contribution in [-0.2, 0) is 0 Å². The van der Waals surface area contributed by atoms with Crippen molar-refractivity contribution in [1.29, 1.82) is 0 Å². The van der Waals surface area contributed by atoms with Crippen LogP contribution in [0.3, 0.4) is 0 Å². The molecule has 1 heterocycles. The Morgan fingerprint density at radius 1 is 1.35 bits per heavy atom. The summed E-state index contributed by atoms with van der Waals surface area (Å²) in [6, 6.07) is 4.99. The summed E-state index contributed by atoms with van der Waals surface area (Å²) in [6.45, 7) is 3.82. The molecule has 1 aliphatic heterocycles. The molecule has 4 heteroatoms. The Balaban J connectivity index is 2.32. The van der Waals surface area contributed by atoms with Gasteiger partial charge in [0.1, 0.15) is 5.82 Å². The second-order valence-electron chi connectivity index (χ2n) is 4.41. The molecule has 0 aromatic heterocycles. The third kappa shape index (κ3) is 2.93. The molecule has 0 spiro atoms. The minimum atomic E-state index is -0.262. The van der Waals surface area contributed by atoms with Gasteiger partial charge in [-0.15, -0.1) is 0 Å². The highest BCUT2D eigenvalue weighted by Crippen LogP contribution is 2.29. The minimum Gasteiger partial charge on any atom is -0.370 e. The summed E-state index contributed by atoms with van der Waals surface area (Å²) in [5, 5.41) is 0. The highest BCUT2D eigenvalue weighted by Gasteiger charge is 2.18. The first-order valence-corrected chi connectivity index (χ1v) is 7.22. The average Bonchev–Trinajstić information content (AvgIpc) is 2.56. The molecule has 1 saturated heterocycles. The Morgan fingerprint density at radius 2 is 2.18 bits per heavy atom. The van der Waals surface area contributed by atoms with E-state index in [1.165, 1.54) is 11.8 Å². The van der Waals surface area contributed by atoms with E-state index in [1.54, 1.807) is 6.07 Å². The topological polar surface area (TPSA) is 29.3 Å². The molecule has 1 atom stereocenters. The van der Waals surface area contributed by atoms with Crippen molar-refractivity contribution in [3.8, 4) is 0 Å². The van der Waals surface area contributed by atoms with Crippen molar-refractivity contribution in [2.75, 3.05) is 29.5 Å². The molecule has 17 heavy (non-hydrogen) atoms. The predicted octanol–water partition coefficient (Wildman–Crippen LogP) is 2.79. The second-order valence-corrected chi connectivity index (χ2v) is 5.64. The number of benzene rings is 1. The first-order valence-electron chi connectivity index (χ1n) is 6.07. The van der Waals surface area contributed by atoms with Gasteiger partial charge in [0.05, 0.1) is 0 Å². The maximum atomic E-state index is 13.8. The molecule has 0 aliphatic carbocycles. The van der Waals surface area contributed by atoms with Gasteiger partial charge < -0.3 is 10.6 Å². The van der Waals surface area contributed by atoms with E-state index in [0.717, 1.165) is 31.0 Å². The third-order valence-electron chi connectivity index (χ3n) is 3.05. The van der Waals surface area contributed by atoms with Gasteiger partial charge in [0.15, 0.2) is 0 Å². The van der Waals surface area contributed by atoms with Crippen molar-refractivity contribution >= 4 is 17.4 Å². The number of anilines is 1. The lowest BCUT2D eigenvalue weighted by molar-refractivity contribution is 0.591. The van der Waals surface area contributed by atoms with Crippen LogP contribution in [0.4, 0.5) is 10.1 Å². The highest BCUT2D eigenvalue weighted by molar-refractivity contribution is 7.99. The lowest BCUT2D eigenvalue weighted by Crippen LogP contribution is -2.28. The van der Waals surface area contributed by atoms with Crippen LogP contribution in [0, 0.1) is 5.82 Å². The number of halogens is 1. The summed E-state index contributed by atoms with van der Waals surface area (Å²) < 4.78 is 13.8. The van der Waals surface area contributed by atoms with E-state index >= 15 is 0 Å². The van der Waals surface area contributed by atoms with Gasteiger partial charge in [-0.05, 0) is 31.2 Å². The SMILES string of the molecule is C[C@H](N)c1c(F)cccc1N1CCCSCC1. The molecule has 1 fully saturated rings. The monoisotopic (exact) mass is 254 g/mol. The minimum absolute atomic E-state index is 0.186. The molecule has 1 aromatic carbocycles. The lowest BCUT2D eigenvalue weighted by Gasteiger charge is -2.26. The third-order valence-corrected chi connectivity index (χ3v) is 4.10. The van der Waals surface area contributed by atoms with Crippen LogP contribution in [0.5, 0.6) is 0 Å². The van der Waals surface area contributed by atoms with Crippen LogP contribution in [0.1, 0.15) is 24.9 Å². The predicted molar refractivity (Wildman–Crippen MR) is 73.2 cm³/mol. The highest BCUT2D eigenvalue weighted by atomic mass is 32.2. The van der Waals surface area contributed by atoms with Gasteiger partial charge in [-0.1, -0.05) is 6.07 Å². The Hall–Kier alpha value is -0.740. The van der Waals surface area contributed by atoms with Crippen molar-refractivity contribution in [1.82, 2.24) is 0 Å². The van der Waals surface area contributed by atoms with Crippen LogP contribution in [0.25, 0.3) is 0 Å². The van der Waals surface area contributed by atoms with Crippen LogP contribution in [0.2, 0.25) is 0 Å². The molecule has 1 aromatic rings. The maximum absolute atomic E-state index is 13.8.